The normalized spacial score (nSPS) is 12.8. The first-order valence-electron chi connectivity index (χ1n) is 9.95. The molecule has 148 valence electrons. The number of esters is 1. The van der Waals surface area contributed by atoms with E-state index in [1.165, 1.54) is 7.11 Å². The van der Waals surface area contributed by atoms with Gasteiger partial charge in [-0.05, 0) is 37.5 Å². The molecule has 5 nitrogen and oxygen atoms in total. The molecule has 0 N–H and O–H groups in total. The van der Waals surface area contributed by atoms with Crippen LogP contribution in [0.25, 0.3) is 27.9 Å². The lowest BCUT2D eigenvalue weighted by atomic mass is 9.91. The monoisotopic (exact) mass is 388 g/mol. The highest BCUT2D eigenvalue weighted by molar-refractivity contribution is 6.03. The Morgan fingerprint density at radius 3 is 2.69 bits per heavy atom. The highest BCUT2D eigenvalue weighted by Gasteiger charge is 2.33. The van der Waals surface area contributed by atoms with Crippen LogP contribution in [-0.4, -0.2) is 22.6 Å². The van der Waals surface area contributed by atoms with Crippen molar-refractivity contribution < 1.29 is 9.53 Å². The predicted octanol–water partition coefficient (Wildman–Crippen LogP) is 4.72. The molecule has 0 saturated carbocycles. The van der Waals surface area contributed by atoms with Crippen LogP contribution >= 0.6 is 0 Å². The number of rotatable bonds is 4. The number of para-hydroxylation sites is 1. The molecule has 0 atom stereocenters. The maximum Gasteiger partial charge on any atom is 0.340 e. The summed E-state index contributed by atoms with van der Waals surface area (Å²) < 4.78 is 6.83. The molecule has 4 rings (SSSR count). The Morgan fingerprint density at radius 2 is 2.00 bits per heavy atom. The van der Waals surface area contributed by atoms with Crippen LogP contribution in [-0.2, 0) is 11.3 Å². The number of hydrogen-bond donors (Lipinski definition) is 0. The molecule has 0 spiro atoms. The first-order chi connectivity index (χ1) is 14.0. The van der Waals surface area contributed by atoms with Gasteiger partial charge in [0, 0.05) is 22.1 Å². The van der Waals surface area contributed by atoms with Crippen molar-refractivity contribution in [2.45, 2.75) is 40.2 Å². The number of benzene rings is 1. The summed E-state index contributed by atoms with van der Waals surface area (Å²) in [5.74, 6) is -0.440. The van der Waals surface area contributed by atoms with Gasteiger partial charge < -0.3 is 9.30 Å². The van der Waals surface area contributed by atoms with Gasteiger partial charge in [-0.15, -0.1) is 0 Å². The van der Waals surface area contributed by atoms with Gasteiger partial charge in [0.15, 0.2) is 0 Å². The smallest absolute Gasteiger partial charge is 0.340 e. The van der Waals surface area contributed by atoms with Crippen molar-refractivity contribution in [3.8, 4) is 11.4 Å². The van der Waals surface area contributed by atoms with Crippen LogP contribution in [0, 0.1) is 6.92 Å². The molecule has 0 fully saturated rings. The van der Waals surface area contributed by atoms with Crippen molar-refractivity contribution in [3.05, 3.63) is 69.0 Å². The molecule has 3 aromatic rings. The van der Waals surface area contributed by atoms with E-state index in [0.29, 0.717) is 34.6 Å². The first-order valence-corrected chi connectivity index (χ1v) is 9.95. The molecule has 1 aliphatic heterocycles. The number of hydrogen-bond acceptors (Lipinski definition) is 4. The van der Waals surface area contributed by atoms with Gasteiger partial charge in [-0.1, -0.05) is 38.1 Å². The Balaban J connectivity index is 2.14. The fraction of sp³-hybridized carbons (Fsp3) is 0.292. The molecule has 0 unspecified atom stereocenters. The fourth-order valence-electron chi connectivity index (χ4n) is 4.28. The van der Waals surface area contributed by atoms with Crippen molar-refractivity contribution in [2.75, 3.05) is 7.11 Å². The van der Waals surface area contributed by atoms with Crippen molar-refractivity contribution in [2.24, 2.45) is 0 Å². The lowest BCUT2D eigenvalue weighted by molar-refractivity contribution is 0.0600. The van der Waals surface area contributed by atoms with E-state index in [4.69, 9.17) is 9.72 Å². The zero-order valence-corrected chi connectivity index (χ0v) is 17.2. The maximum atomic E-state index is 13.3. The van der Waals surface area contributed by atoms with Crippen LogP contribution in [0.5, 0.6) is 0 Å². The minimum Gasteiger partial charge on any atom is -0.465 e. The molecular weight excluding hydrogens is 364 g/mol. The second-order valence-electron chi connectivity index (χ2n) is 7.29. The number of allylic oxidation sites excluding steroid dienone is 2. The zero-order valence-electron chi connectivity index (χ0n) is 17.2. The average Bonchev–Trinajstić information content (AvgIpc) is 3.10. The van der Waals surface area contributed by atoms with Gasteiger partial charge in [0.1, 0.15) is 0 Å². The quantitative estimate of drug-likeness (QED) is 0.475. The minimum atomic E-state index is -0.440. The topological polar surface area (TPSA) is 61.2 Å². The molecule has 2 aromatic heterocycles. The Labute approximate surface area is 169 Å². The zero-order chi connectivity index (χ0) is 20.7. The summed E-state index contributed by atoms with van der Waals surface area (Å²) in [7, 11) is 1.38. The van der Waals surface area contributed by atoms with Crippen LogP contribution in [0.2, 0.25) is 0 Å². The van der Waals surface area contributed by atoms with Gasteiger partial charge in [-0.2, -0.15) is 0 Å². The van der Waals surface area contributed by atoms with Gasteiger partial charge in [-0.25, -0.2) is 9.78 Å². The van der Waals surface area contributed by atoms with Crippen molar-refractivity contribution >= 4 is 22.4 Å². The van der Waals surface area contributed by atoms with Crippen LogP contribution in [0.1, 0.15) is 53.7 Å². The van der Waals surface area contributed by atoms with Crippen LogP contribution in [0.4, 0.5) is 0 Å². The van der Waals surface area contributed by atoms with Crippen LogP contribution in [0.15, 0.2) is 41.2 Å². The number of nitrogens with zero attached hydrogens (tertiary/aromatic N) is 2. The summed E-state index contributed by atoms with van der Waals surface area (Å²) in [6, 6.07) is 9.91. The molecular formula is C24H24N2O3. The van der Waals surface area contributed by atoms with E-state index in [0.717, 1.165) is 34.9 Å². The molecule has 0 aliphatic carbocycles. The Hall–Kier alpha value is -3.21. The molecule has 0 bridgehead atoms. The summed E-state index contributed by atoms with van der Waals surface area (Å²) >= 11 is 0. The van der Waals surface area contributed by atoms with Gasteiger partial charge >= 0.3 is 5.97 Å². The summed E-state index contributed by atoms with van der Waals surface area (Å²) in [5, 5.41) is 1.02. The third-order valence-electron chi connectivity index (χ3n) is 5.60. The Morgan fingerprint density at radius 1 is 1.24 bits per heavy atom. The van der Waals surface area contributed by atoms with E-state index >= 15 is 0 Å². The minimum absolute atomic E-state index is 0.0832. The summed E-state index contributed by atoms with van der Waals surface area (Å²) in [6.45, 7) is 6.29. The second kappa shape index (κ2) is 7.32. The van der Waals surface area contributed by atoms with E-state index in [-0.39, 0.29) is 5.56 Å². The number of fused-ring (bicyclic) bond motifs is 4. The van der Waals surface area contributed by atoms with E-state index in [9.17, 15) is 9.59 Å². The summed E-state index contributed by atoms with van der Waals surface area (Å²) in [5.41, 5.74) is 5.65. The highest BCUT2D eigenvalue weighted by Crippen LogP contribution is 2.38. The van der Waals surface area contributed by atoms with E-state index in [1.54, 1.807) is 11.5 Å². The number of methoxy groups -OCH3 is 1. The molecule has 1 aliphatic rings. The van der Waals surface area contributed by atoms with E-state index in [1.807, 2.05) is 38.1 Å². The first kappa shape index (κ1) is 19.1. The van der Waals surface area contributed by atoms with Gasteiger partial charge in [0.25, 0.3) is 5.56 Å². The molecule has 0 radical (unpaired) electrons. The van der Waals surface area contributed by atoms with Crippen LogP contribution in [0.3, 0.4) is 0 Å². The van der Waals surface area contributed by atoms with E-state index in [2.05, 4.69) is 12.1 Å². The summed E-state index contributed by atoms with van der Waals surface area (Å²) in [6.07, 6.45) is 3.62. The van der Waals surface area contributed by atoms with Crippen LogP contribution < -0.4 is 5.56 Å². The third-order valence-corrected chi connectivity index (χ3v) is 5.60. The van der Waals surface area contributed by atoms with E-state index < -0.39 is 5.97 Å². The largest absolute Gasteiger partial charge is 0.465 e. The Bertz CT molecular complexity index is 1240. The fourth-order valence-corrected chi connectivity index (χ4v) is 4.28. The number of ether oxygens (including phenoxy) is 1. The molecule has 0 amide bonds. The molecule has 1 aromatic carbocycles. The molecule has 0 saturated heterocycles. The molecule has 5 heteroatoms. The number of aromatic nitrogens is 2. The maximum absolute atomic E-state index is 13.3. The predicted molar refractivity (Wildman–Crippen MR) is 115 cm³/mol. The van der Waals surface area contributed by atoms with Crippen molar-refractivity contribution in [1.82, 2.24) is 9.55 Å². The SMILES string of the molecule is CC/C=C(\CC)c1c(C(=O)OC)c2n(c(=O)c1C)Cc1cc3ccccc3nc1-2. The lowest BCUT2D eigenvalue weighted by Gasteiger charge is -2.18. The van der Waals surface area contributed by atoms with Gasteiger partial charge in [-0.3, -0.25) is 4.79 Å². The van der Waals surface area contributed by atoms with Gasteiger partial charge in [0.2, 0.25) is 0 Å². The standard InChI is InChI=1S/C24H24N2O3/c1-5-9-15(6-2)19-14(3)23(27)26-13-17-12-16-10-7-8-11-18(16)25-21(17)22(26)20(19)24(28)29-4/h7-12H,5-6,13H2,1-4H3/b15-9+. The average molecular weight is 388 g/mol. The molecule has 3 heterocycles. The molecule has 29 heavy (non-hydrogen) atoms. The lowest BCUT2D eigenvalue weighted by Crippen LogP contribution is -2.26. The number of carbonyl (C=O) groups is 1. The highest BCUT2D eigenvalue weighted by atomic mass is 16.5. The number of pyridine rings is 2. The second-order valence-corrected chi connectivity index (χ2v) is 7.29. The summed E-state index contributed by atoms with van der Waals surface area (Å²) in [4.78, 5) is 31.1. The third kappa shape index (κ3) is 2.89. The number of carbonyl (C=O) groups excluding carboxylic acids is 1. The van der Waals surface area contributed by atoms with Crippen molar-refractivity contribution in [1.29, 1.82) is 0 Å². The van der Waals surface area contributed by atoms with Crippen molar-refractivity contribution in [3.63, 3.8) is 0 Å². The Kier molecular flexibility index (Phi) is 4.82. The van der Waals surface area contributed by atoms with Gasteiger partial charge in [0.05, 0.1) is 36.1 Å².